The highest BCUT2D eigenvalue weighted by Gasteiger charge is 2.26. The number of hydrogen-bond acceptors (Lipinski definition) is 8. The van der Waals surface area contributed by atoms with E-state index < -0.39 is 22.3 Å². The molecule has 0 aliphatic rings. The zero-order valence-electron chi connectivity index (χ0n) is 15.7. The van der Waals surface area contributed by atoms with Gasteiger partial charge >= 0.3 is 5.69 Å². The van der Waals surface area contributed by atoms with E-state index in [1.165, 1.54) is 30.7 Å². The average Bonchev–Trinajstić information content (AvgIpc) is 3.35. The standard InChI is InChI=1S/C17H20N6O3S2/c1-10(13(24)12-14(18)21(2)17(26)22(3)15(12)25)28-16-20-19-9-23(16)7-6-11-5-4-8-27-11/h4-5,8-10H,6-7,18H2,1-3H3. The van der Waals surface area contributed by atoms with Crippen LogP contribution in [0, 0.1) is 0 Å². The molecule has 0 fully saturated rings. The average molecular weight is 421 g/mol. The van der Waals surface area contributed by atoms with Gasteiger partial charge < -0.3 is 10.3 Å². The first kappa shape index (κ1) is 20.1. The van der Waals surface area contributed by atoms with E-state index >= 15 is 0 Å². The summed E-state index contributed by atoms with van der Waals surface area (Å²) in [6.07, 6.45) is 2.45. The molecule has 28 heavy (non-hydrogen) atoms. The lowest BCUT2D eigenvalue weighted by Gasteiger charge is -2.14. The van der Waals surface area contributed by atoms with Crippen molar-refractivity contribution in [3.63, 3.8) is 0 Å². The fourth-order valence-corrected chi connectivity index (χ4v) is 4.29. The van der Waals surface area contributed by atoms with Crippen molar-refractivity contribution in [3.05, 3.63) is 55.1 Å². The first-order valence-corrected chi connectivity index (χ1v) is 10.2. The third-order valence-electron chi connectivity index (χ3n) is 4.37. The summed E-state index contributed by atoms with van der Waals surface area (Å²) >= 11 is 2.88. The Morgan fingerprint density at radius 3 is 2.75 bits per heavy atom. The van der Waals surface area contributed by atoms with Crippen molar-refractivity contribution in [2.45, 2.75) is 30.3 Å². The van der Waals surface area contributed by atoms with Crippen LogP contribution >= 0.6 is 23.1 Å². The van der Waals surface area contributed by atoms with E-state index in [2.05, 4.69) is 16.3 Å². The number of thioether (sulfide) groups is 1. The number of ketones is 1. The number of aryl methyl sites for hydroxylation is 2. The number of rotatable bonds is 7. The summed E-state index contributed by atoms with van der Waals surface area (Å²) in [7, 11) is 2.74. The Balaban J connectivity index is 1.80. The maximum Gasteiger partial charge on any atom is 0.332 e. The van der Waals surface area contributed by atoms with Crippen molar-refractivity contribution >= 4 is 34.7 Å². The minimum atomic E-state index is -0.697. The van der Waals surface area contributed by atoms with Crippen LogP contribution in [0.2, 0.25) is 0 Å². The maximum absolute atomic E-state index is 12.9. The Bertz CT molecular complexity index is 1110. The zero-order chi connectivity index (χ0) is 20.4. The smallest absolute Gasteiger partial charge is 0.332 e. The van der Waals surface area contributed by atoms with E-state index in [9.17, 15) is 14.4 Å². The molecule has 3 rings (SSSR count). The van der Waals surface area contributed by atoms with Crippen molar-refractivity contribution in [1.29, 1.82) is 0 Å². The molecular formula is C17H20N6O3S2. The summed E-state index contributed by atoms with van der Waals surface area (Å²) < 4.78 is 3.84. The van der Waals surface area contributed by atoms with Gasteiger partial charge in [-0.25, -0.2) is 4.79 Å². The summed E-state index contributed by atoms with van der Waals surface area (Å²) in [5.41, 5.74) is 4.43. The van der Waals surface area contributed by atoms with E-state index in [-0.39, 0.29) is 11.4 Å². The summed E-state index contributed by atoms with van der Waals surface area (Å²) in [4.78, 5) is 38.5. The van der Waals surface area contributed by atoms with Crippen LogP contribution in [0.15, 0.2) is 38.6 Å². The Kier molecular flexibility index (Phi) is 5.84. The van der Waals surface area contributed by atoms with Crippen LogP contribution in [0.3, 0.4) is 0 Å². The highest BCUT2D eigenvalue weighted by Crippen LogP contribution is 2.24. The van der Waals surface area contributed by atoms with Gasteiger partial charge in [0, 0.05) is 25.5 Å². The highest BCUT2D eigenvalue weighted by atomic mass is 32.2. The van der Waals surface area contributed by atoms with Crippen molar-refractivity contribution in [3.8, 4) is 0 Å². The van der Waals surface area contributed by atoms with E-state index in [0.717, 1.165) is 15.6 Å². The van der Waals surface area contributed by atoms with Gasteiger partial charge in [-0.1, -0.05) is 17.8 Å². The molecule has 3 aromatic rings. The molecule has 0 aliphatic heterocycles. The molecule has 3 aromatic heterocycles. The third kappa shape index (κ3) is 3.80. The van der Waals surface area contributed by atoms with E-state index in [0.29, 0.717) is 11.7 Å². The van der Waals surface area contributed by atoms with Gasteiger partial charge in [-0.2, -0.15) is 0 Å². The molecule has 0 saturated heterocycles. The predicted octanol–water partition coefficient (Wildman–Crippen LogP) is 0.925. The quantitative estimate of drug-likeness (QED) is 0.446. The second kappa shape index (κ2) is 8.15. The van der Waals surface area contributed by atoms with Crippen molar-refractivity contribution in [2.24, 2.45) is 14.1 Å². The van der Waals surface area contributed by atoms with Crippen LogP contribution in [-0.4, -0.2) is 34.9 Å². The van der Waals surface area contributed by atoms with Crippen molar-refractivity contribution in [2.75, 3.05) is 5.73 Å². The monoisotopic (exact) mass is 420 g/mol. The molecule has 0 radical (unpaired) electrons. The second-order valence-electron chi connectivity index (χ2n) is 6.23. The summed E-state index contributed by atoms with van der Waals surface area (Å²) in [6.45, 7) is 2.36. The second-order valence-corrected chi connectivity index (χ2v) is 8.57. The number of nitrogens with two attached hydrogens (primary N) is 1. The molecule has 9 nitrogen and oxygen atoms in total. The van der Waals surface area contributed by atoms with Gasteiger partial charge in [0.25, 0.3) is 5.56 Å². The molecule has 0 bridgehead atoms. The van der Waals surface area contributed by atoms with Gasteiger partial charge in [-0.3, -0.25) is 18.7 Å². The molecular weight excluding hydrogens is 400 g/mol. The summed E-state index contributed by atoms with van der Waals surface area (Å²) in [5, 5.41) is 9.99. The molecule has 148 valence electrons. The van der Waals surface area contributed by atoms with E-state index in [1.807, 2.05) is 16.0 Å². The lowest BCUT2D eigenvalue weighted by atomic mass is 10.1. The van der Waals surface area contributed by atoms with Crippen LogP contribution in [0.1, 0.15) is 22.2 Å². The number of carbonyl (C=O) groups is 1. The van der Waals surface area contributed by atoms with Gasteiger partial charge in [0.05, 0.1) is 5.25 Å². The van der Waals surface area contributed by atoms with Crippen LogP contribution in [0.4, 0.5) is 5.82 Å². The minimum absolute atomic E-state index is 0.135. The Morgan fingerprint density at radius 1 is 1.32 bits per heavy atom. The number of hydrogen-bond donors (Lipinski definition) is 1. The molecule has 2 N–H and O–H groups in total. The molecule has 0 aliphatic carbocycles. The van der Waals surface area contributed by atoms with Gasteiger partial charge in [0.2, 0.25) is 0 Å². The fraction of sp³-hybridized carbons (Fsp3) is 0.353. The number of aromatic nitrogens is 5. The topological polar surface area (TPSA) is 118 Å². The Hall–Kier alpha value is -2.66. The fourth-order valence-electron chi connectivity index (χ4n) is 2.68. The number of thiophene rings is 1. The molecule has 1 unspecified atom stereocenters. The zero-order valence-corrected chi connectivity index (χ0v) is 17.3. The largest absolute Gasteiger partial charge is 0.384 e. The van der Waals surface area contributed by atoms with Crippen LogP contribution < -0.4 is 17.0 Å². The number of nitrogens with zero attached hydrogens (tertiary/aromatic N) is 5. The summed E-state index contributed by atoms with van der Waals surface area (Å²) in [6, 6.07) is 4.06. The van der Waals surface area contributed by atoms with Gasteiger partial charge in [0.1, 0.15) is 17.7 Å². The van der Waals surface area contributed by atoms with E-state index in [1.54, 1.807) is 24.6 Å². The van der Waals surface area contributed by atoms with Crippen LogP contribution in [0.25, 0.3) is 0 Å². The number of anilines is 1. The molecule has 0 spiro atoms. The highest BCUT2D eigenvalue weighted by molar-refractivity contribution is 8.00. The third-order valence-corrected chi connectivity index (χ3v) is 6.40. The van der Waals surface area contributed by atoms with Crippen molar-refractivity contribution in [1.82, 2.24) is 23.9 Å². The predicted molar refractivity (Wildman–Crippen MR) is 109 cm³/mol. The molecule has 0 saturated carbocycles. The lowest BCUT2D eigenvalue weighted by molar-refractivity contribution is 0.0992. The molecule has 1 atom stereocenters. The van der Waals surface area contributed by atoms with Crippen molar-refractivity contribution < 1.29 is 4.79 Å². The minimum Gasteiger partial charge on any atom is -0.384 e. The molecule has 0 amide bonds. The van der Waals surface area contributed by atoms with Crippen LogP contribution in [-0.2, 0) is 27.1 Å². The number of Topliss-reactive ketones (excluding diaryl/α,β-unsaturated/α-hetero) is 1. The Morgan fingerprint density at radius 2 is 2.07 bits per heavy atom. The number of carbonyl (C=O) groups excluding carboxylic acids is 1. The molecule has 0 aromatic carbocycles. The van der Waals surface area contributed by atoms with Gasteiger partial charge in [0.15, 0.2) is 10.9 Å². The van der Waals surface area contributed by atoms with Gasteiger partial charge in [-0.15, -0.1) is 21.5 Å². The van der Waals surface area contributed by atoms with E-state index in [4.69, 9.17) is 5.73 Å². The first-order chi connectivity index (χ1) is 13.3. The number of nitrogen functional groups attached to an aromatic ring is 1. The summed E-state index contributed by atoms with van der Waals surface area (Å²) in [5.74, 6) is -0.587. The Labute approximate surface area is 168 Å². The maximum atomic E-state index is 12.9. The molecule has 11 heteroatoms. The normalized spacial score (nSPS) is 12.2. The molecule has 3 heterocycles. The van der Waals surface area contributed by atoms with Crippen LogP contribution in [0.5, 0.6) is 0 Å². The van der Waals surface area contributed by atoms with Gasteiger partial charge in [-0.05, 0) is 24.8 Å². The SMILES string of the molecule is CC(Sc1nncn1CCc1cccs1)C(=O)c1c(N)n(C)c(=O)n(C)c1=O. The first-order valence-electron chi connectivity index (χ1n) is 8.47. The lowest BCUT2D eigenvalue weighted by Crippen LogP contribution is -2.42.